The first-order valence-corrected chi connectivity index (χ1v) is 11.6. The first-order chi connectivity index (χ1) is 15.7. The second kappa shape index (κ2) is 7.77. The average molecular weight is 436 g/mol. The molecule has 1 atom stereocenters. The Labute approximate surface area is 186 Å². The number of H-pyrrole nitrogens is 1. The molecule has 6 rings (SSSR count). The van der Waals surface area contributed by atoms with Gasteiger partial charge < -0.3 is 20.9 Å². The van der Waals surface area contributed by atoms with Crippen LogP contribution in [0.25, 0.3) is 5.52 Å². The van der Waals surface area contributed by atoms with Crippen molar-refractivity contribution in [2.75, 3.05) is 29.9 Å². The molecule has 10 heteroatoms. The highest BCUT2D eigenvalue weighted by Gasteiger charge is 2.36. The minimum absolute atomic E-state index is 0.168. The SMILES string of the molecule is NC1CCN(C(=O)C2CCCN2c2nc(Nc3cc(C4CC4)[nH]n3)c3cccn3n2)CC1. The molecule has 0 radical (unpaired) electrons. The van der Waals surface area contributed by atoms with E-state index in [0.29, 0.717) is 17.7 Å². The summed E-state index contributed by atoms with van der Waals surface area (Å²) in [5.74, 6) is 2.78. The number of aromatic nitrogens is 5. The van der Waals surface area contributed by atoms with Crippen LogP contribution in [0.2, 0.25) is 0 Å². The maximum Gasteiger partial charge on any atom is 0.246 e. The van der Waals surface area contributed by atoms with Crippen molar-refractivity contribution in [3.8, 4) is 0 Å². The van der Waals surface area contributed by atoms with E-state index in [0.717, 1.165) is 56.7 Å². The van der Waals surface area contributed by atoms with Crippen LogP contribution >= 0.6 is 0 Å². The number of piperidine rings is 1. The summed E-state index contributed by atoms with van der Waals surface area (Å²) >= 11 is 0. The van der Waals surface area contributed by atoms with Crippen LogP contribution in [0.3, 0.4) is 0 Å². The van der Waals surface area contributed by atoms with E-state index in [9.17, 15) is 4.79 Å². The molecule has 0 bridgehead atoms. The van der Waals surface area contributed by atoms with E-state index >= 15 is 0 Å². The van der Waals surface area contributed by atoms with Crippen molar-refractivity contribution in [2.45, 2.75) is 56.5 Å². The Kier molecular flexibility index (Phi) is 4.74. The van der Waals surface area contributed by atoms with Crippen molar-refractivity contribution in [2.24, 2.45) is 5.73 Å². The lowest BCUT2D eigenvalue weighted by Crippen LogP contribution is -2.50. The number of rotatable bonds is 5. The van der Waals surface area contributed by atoms with Gasteiger partial charge in [0, 0.05) is 49.6 Å². The van der Waals surface area contributed by atoms with Gasteiger partial charge in [0.25, 0.3) is 0 Å². The zero-order valence-corrected chi connectivity index (χ0v) is 18.1. The van der Waals surface area contributed by atoms with Gasteiger partial charge in [-0.2, -0.15) is 10.1 Å². The normalized spacial score (nSPS) is 22.1. The molecule has 168 valence electrons. The molecule has 1 aliphatic carbocycles. The molecule has 1 amide bonds. The Balaban J connectivity index is 1.28. The highest BCUT2D eigenvalue weighted by atomic mass is 16.2. The Morgan fingerprint density at radius 2 is 2.00 bits per heavy atom. The molecule has 0 spiro atoms. The van der Waals surface area contributed by atoms with Crippen LogP contribution in [0.1, 0.15) is 50.1 Å². The summed E-state index contributed by atoms with van der Waals surface area (Å²) in [5.41, 5.74) is 8.07. The number of aromatic amines is 1. The van der Waals surface area contributed by atoms with Crippen LogP contribution in [0.15, 0.2) is 24.4 Å². The molecule has 3 aromatic rings. The van der Waals surface area contributed by atoms with Crippen LogP contribution < -0.4 is 16.0 Å². The van der Waals surface area contributed by atoms with Crippen molar-refractivity contribution in [1.82, 2.24) is 29.7 Å². The number of carbonyl (C=O) groups is 1. The topological polar surface area (TPSA) is 120 Å². The van der Waals surface area contributed by atoms with Gasteiger partial charge in [0.15, 0.2) is 11.6 Å². The minimum Gasteiger partial charge on any atom is -0.341 e. The van der Waals surface area contributed by atoms with Crippen LogP contribution in [-0.2, 0) is 4.79 Å². The molecule has 2 saturated heterocycles. The Morgan fingerprint density at radius 1 is 1.16 bits per heavy atom. The third kappa shape index (κ3) is 3.58. The molecule has 2 aliphatic heterocycles. The summed E-state index contributed by atoms with van der Waals surface area (Å²) < 4.78 is 1.82. The van der Waals surface area contributed by atoms with E-state index in [4.69, 9.17) is 15.8 Å². The molecular formula is C22H29N9O. The lowest BCUT2D eigenvalue weighted by atomic mass is 10.0. The standard InChI is InChI=1S/C22H29N9O/c23-15-7-11-29(12-8-15)21(32)18-4-1-9-30(18)22-25-20(17-3-2-10-31(17)28-22)24-19-13-16(26-27-19)14-5-6-14/h2-3,10,13-15,18H,1,4-9,11-12,23H2,(H2,24,25,26,27,28). The van der Waals surface area contributed by atoms with Crippen molar-refractivity contribution >= 4 is 29.0 Å². The third-order valence-electron chi connectivity index (χ3n) is 6.89. The number of amides is 1. The first kappa shape index (κ1) is 19.5. The van der Waals surface area contributed by atoms with Gasteiger partial charge in [0.05, 0.1) is 0 Å². The maximum atomic E-state index is 13.3. The lowest BCUT2D eigenvalue weighted by molar-refractivity contribution is -0.133. The average Bonchev–Trinajstić information content (AvgIpc) is 3.20. The van der Waals surface area contributed by atoms with Crippen LogP contribution in [0, 0.1) is 0 Å². The molecule has 1 saturated carbocycles. The van der Waals surface area contributed by atoms with E-state index in [-0.39, 0.29) is 18.0 Å². The van der Waals surface area contributed by atoms with Gasteiger partial charge >= 0.3 is 0 Å². The van der Waals surface area contributed by atoms with Gasteiger partial charge in [-0.15, -0.1) is 5.10 Å². The van der Waals surface area contributed by atoms with E-state index in [1.807, 2.05) is 27.7 Å². The highest BCUT2D eigenvalue weighted by Crippen LogP contribution is 2.39. The number of likely N-dealkylation sites (tertiary alicyclic amines) is 1. The second-order valence-electron chi connectivity index (χ2n) is 9.22. The largest absolute Gasteiger partial charge is 0.341 e. The Hall–Kier alpha value is -3.14. The van der Waals surface area contributed by atoms with Gasteiger partial charge in [-0.3, -0.25) is 9.89 Å². The molecular weight excluding hydrogens is 406 g/mol. The molecule has 5 heterocycles. The predicted octanol–water partition coefficient (Wildman–Crippen LogP) is 1.99. The van der Waals surface area contributed by atoms with Gasteiger partial charge in [0.1, 0.15) is 11.6 Å². The molecule has 3 aromatic heterocycles. The smallest absolute Gasteiger partial charge is 0.246 e. The number of carbonyl (C=O) groups excluding carboxylic acids is 1. The maximum absolute atomic E-state index is 13.3. The van der Waals surface area contributed by atoms with Crippen molar-refractivity contribution in [3.63, 3.8) is 0 Å². The fraction of sp³-hybridized carbons (Fsp3) is 0.545. The summed E-state index contributed by atoms with van der Waals surface area (Å²) in [4.78, 5) is 22.2. The highest BCUT2D eigenvalue weighted by molar-refractivity contribution is 5.85. The molecule has 32 heavy (non-hydrogen) atoms. The molecule has 10 nitrogen and oxygen atoms in total. The molecule has 3 aliphatic rings. The summed E-state index contributed by atoms with van der Waals surface area (Å²) in [5, 5.41) is 15.6. The van der Waals surface area contributed by atoms with Gasteiger partial charge in [-0.05, 0) is 50.7 Å². The van der Waals surface area contributed by atoms with E-state index in [1.54, 1.807) is 0 Å². The van der Waals surface area contributed by atoms with Gasteiger partial charge in [0.2, 0.25) is 11.9 Å². The van der Waals surface area contributed by atoms with Crippen molar-refractivity contribution < 1.29 is 4.79 Å². The summed E-state index contributed by atoms with van der Waals surface area (Å²) in [6.45, 7) is 2.23. The van der Waals surface area contributed by atoms with Crippen molar-refractivity contribution in [1.29, 1.82) is 0 Å². The number of nitrogens with zero attached hydrogens (tertiary/aromatic N) is 6. The number of hydrogen-bond acceptors (Lipinski definition) is 7. The van der Waals surface area contributed by atoms with Gasteiger partial charge in [-0.25, -0.2) is 4.52 Å². The fourth-order valence-electron chi connectivity index (χ4n) is 4.86. The number of hydrogen-bond donors (Lipinski definition) is 3. The molecule has 0 aromatic carbocycles. The monoisotopic (exact) mass is 435 g/mol. The Morgan fingerprint density at radius 3 is 2.81 bits per heavy atom. The molecule has 4 N–H and O–H groups in total. The summed E-state index contributed by atoms with van der Waals surface area (Å²) in [6, 6.07) is 5.96. The third-order valence-corrected chi connectivity index (χ3v) is 6.89. The predicted molar refractivity (Wildman–Crippen MR) is 121 cm³/mol. The van der Waals surface area contributed by atoms with E-state index < -0.39 is 0 Å². The number of anilines is 3. The first-order valence-electron chi connectivity index (χ1n) is 11.6. The number of nitrogens with two attached hydrogens (primary N) is 1. The molecule has 1 unspecified atom stereocenters. The lowest BCUT2D eigenvalue weighted by Gasteiger charge is -2.34. The summed E-state index contributed by atoms with van der Waals surface area (Å²) in [7, 11) is 0. The van der Waals surface area contributed by atoms with Gasteiger partial charge in [-0.1, -0.05) is 0 Å². The van der Waals surface area contributed by atoms with E-state index in [2.05, 4.69) is 26.5 Å². The van der Waals surface area contributed by atoms with Crippen molar-refractivity contribution in [3.05, 3.63) is 30.1 Å². The number of nitrogens with one attached hydrogen (secondary N) is 2. The zero-order chi connectivity index (χ0) is 21.7. The number of fused-ring (bicyclic) bond motifs is 1. The zero-order valence-electron chi connectivity index (χ0n) is 18.1. The van der Waals surface area contributed by atoms with Crippen LogP contribution in [0.4, 0.5) is 17.6 Å². The molecule has 3 fully saturated rings. The minimum atomic E-state index is -0.225. The van der Waals surface area contributed by atoms with Crippen LogP contribution in [-0.4, -0.2) is 67.3 Å². The fourth-order valence-corrected chi connectivity index (χ4v) is 4.86. The Bertz CT molecular complexity index is 1130. The van der Waals surface area contributed by atoms with Crippen LogP contribution in [0.5, 0.6) is 0 Å². The quantitative estimate of drug-likeness (QED) is 0.560. The second-order valence-corrected chi connectivity index (χ2v) is 9.22. The summed E-state index contributed by atoms with van der Waals surface area (Å²) in [6.07, 6.45) is 7.84. The van der Waals surface area contributed by atoms with E-state index in [1.165, 1.54) is 18.5 Å².